The molecule has 0 heterocycles. The monoisotopic (exact) mass is 293 g/mol. The van der Waals surface area contributed by atoms with Gasteiger partial charge in [0.1, 0.15) is 11.6 Å². The van der Waals surface area contributed by atoms with Crippen molar-refractivity contribution in [1.29, 1.82) is 0 Å². The fraction of sp³-hybridized carbons (Fsp3) is 0.889. The van der Waals surface area contributed by atoms with Gasteiger partial charge in [-0.2, -0.15) is 0 Å². The smallest absolute Gasteiger partial charge is 0.320 e. The first kappa shape index (κ1) is 18.6. The largest absolute Gasteiger partial charge is 0.480 e. The molecule has 7 heteroatoms. The Morgan fingerprint density at radius 2 is 1.50 bits per heavy atom. The van der Waals surface area contributed by atoms with Crippen LogP contribution >= 0.6 is 34.8 Å². The van der Waals surface area contributed by atoms with Crippen LogP contribution in [0.5, 0.6) is 0 Å². The van der Waals surface area contributed by atoms with Crippen LogP contribution in [-0.2, 0) is 4.79 Å². The summed E-state index contributed by atoms with van der Waals surface area (Å²) in [6.07, 6.45) is 0. The third-order valence-corrected chi connectivity index (χ3v) is 3.08. The number of aliphatic carboxylic acids is 1. The molecule has 0 amide bonds. The van der Waals surface area contributed by atoms with Gasteiger partial charge in [-0.3, -0.25) is 4.79 Å². The quantitative estimate of drug-likeness (QED) is 0.682. The number of halogens is 3. The standard InChI is InChI=1S/C5H11NO2.C4H7Cl3O/c1-3(2)4(6)5(7)8;1-3(2,8)4(5,6)7/h3-4H,6H2,1-2H3,(H,7,8);8H,1-2H3/t4-;/m0./s1. The lowest BCUT2D eigenvalue weighted by molar-refractivity contribution is -0.139. The molecule has 0 fully saturated rings. The molecule has 98 valence electrons. The Bertz CT molecular complexity index is 209. The predicted molar refractivity (Wildman–Crippen MR) is 67.0 cm³/mol. The number of hydrogen-bond donors (Lipinski definition) is 3. The van der Waals surface area contributed by atoms with E-state index in [2.05, 4.69) is 0 Å². The lowest BCUT2D eigenvalue weighted by atomic mass is 10.1. The topological polar surface area (TPSA) is 83.5 Å². The molecule has 0 aliphatic carbocycles. The molecule has 1 atom stereocenters. The Labute approximate surface area is 111 Å². The van der Waals surface area contributed by atoms with Crippen LogP contribution < -0.4 is 5.73 Å². The zero-order chi connectivity index (χ0) is 13.7. The van der Waals surface area contributed by atoms with Crippen LogP contribution in [-0.4, -0.2) is 31.6 Å². The van der Waals surface area contributed by atoms with Gasteiger partial charge in [0.05, 0.1) is 0 Å². The van der Waals surface area contributed by atoms with Crippen molar-refractivity contribution >= 4 is 40.8 Å². The van der Waals surface area contributed by atoms with Gasteiger partial charge in [-0.05, 0) is 19.8 Å². The van der Waals surface area contributed by atoms with Gasteiger partial charge in [0.2, 0.25) is 3.79 Å². The highest BCUT2D eigenvalue weighted by atomic mass is 35.6. The van der Waals surface area contributed by atoms with Crippen LogP contribution in [0.4, 0.5) is 0 Å². The van der Waals surface area contributed by atoms with Crippen LogP contribution in [0, 0.1) is 5.92 Å². The summed E-state index contributed by atoms with van der Waals surface area (Å²) in [4.78, 5) is 10.0. The van der Waals surface area contributed by atoms with Gasteiger partial charge in [0.25, 0.3) is 0 Å². The van der Waals surface area contributed by atoms with Crippen LogP contribution in [0.2, 0.25) is 0 Å². The second-order valence-corrected chi connectivity index (χ2v) is 6.45. The zero-order valence-electron chi connectivity index (χ0n) is 9.67. The van der Waals surface area contributed by atoms with E-state index in [4.69, 9.17) is 50.7 Å². The van der Waals surface area contributed by atoms with Crippen molar-refractivity contribution in [2.24, 2.45) is 11.7 Å². The van der Waals surface area contributed by atoms with Crippen molar-refractivity contribution in [2.45, 2.75) is 43.1 Å². The number of carboxylic acid groups (broad SMARTS) is 1. The molecule has 4 nitrogen and oxygen atoms in total. The maximum atomic E-state index is 10.0. The van der Waals surface area contributed by atoms with Crippen LogP contribution in [0.15, 0.2) is 0 Å². The summed E-state index contributed by atoms with van der Waals surface area (Å²) in [5, 5.41) is 17.2. The number of alkyl halides is 3. The van der Waals surface area contributed by atoms with Crippen LogP contribution in [0.25, 0.3) is 0 Å². The zero-order valence-corrected chi connectivity index (χ0v) is 11.9. The van der Waals surface area contributed by atoms with Crippen molar-refractivity contribution < 1.29 is 15.0 Å². The minimum atomic E-state index is -1.59. The van der Waals surface area contributed by atoms with E-state index in [1.165, 1.54) is 13.8 Å². The Morgan fingerprint density at radius 3 is 1.50 bits per heavy atom. The first-order chi connectivity index (χ1) is 6.80. The Kier molecular flexibility index (Phi) is 7.99. The summed E-state index contributed by atoms with van der Waals surface area (Å²) >= 11 is 15.9. The number of carbonyl (C=O) groups is 1. The molecule has 4 N–H and O–H groups in total. The first-order valence-electron chi connectivity index (χ1n) is 4.58. The van der Waals surface area contributed by atoms with E-state index in [1.807, 2.05) is 0 Å². The molecular formula is C9H18Cl3NO3. The molecule has 0 aromatic rings. The van der Waals surface area contributed by atoms with Crippen molar-refractivity contribution in [2.75, 3.05) is 0 Å². The highest BCUT2D eigenvalue weighted by Crippen LogP contribution is 2.37. The lowest BCUT2D eigenvalue weighted by Gasteiger charge is -2.25. The summed E-state index contributed by atoms with van der Waals surface area (Å²) in [5.41, 5.74) is 3.89. The fourth-order valence-corrected chi connectivity index (χ4v) is 0.285. The van der Waals surface area contributed by atoms with Gasteiger partial charge in [0.15, 0.2) is 0 Å². The molecule has 0 bridgehead atoms. The number of nitrogens with two attached hydrogens (primary N) is 1. The van der Waals surface area contributed by atoms with Gasteiger partial charge < -0.3 is 15.9 Å². The maximum absolute atomic E-state index is 10.0. The molecular weight excluding hydrogens is 276 g/mol. The van der Waals surface area contributed by atoms with Crippen LogP contribution in [0.1, 0.15) is 27.7 Å². The average molecular weight is 295 g/mol. The van der Waals surface area contributed by atoms with Crippen molar-refractivity contribution in [3.05, 3.63) is 0 Å². The molecule has 0 aromatic carbocycles. The Morgan fingerprint density at radius 1 is 1.25 bits per heavy atom. The number of hydrogen-bond acceptors (Lipinski definition) is 3. The van der Waals surface area contributed by atoms with Crippen molar-refractivity contribution in [3.8, 4) is 0 Å². The highest BCUT2D eigenvalue weighted by molar-refractivity contribution is 6.68. The third kappa shape index (κ3) is 8.42. The van der Waals surface area contributed by atoms with Gasteiger partial charge in [-0.1, -0.05) is 48.7 Å². The van der Waals surface area contributed by atoms with E-state index in [9.17, 15) is 4.79 Å². The highest BCUT2D eigenvalue weighted by Gasteiger charge is 2.38. The van der Waals surface area contributed by atoms with E-state index in [1.54, 1.807) is 13.8 Å². The molecule has 0 aliphatic rings. The molecule has 0 aromatic heterocycles. The van der Waals surface area contributed by atoms with Crippen molar-refractivity contribution in [3.63, 3.8) is 0 Å². The molecule has 0 radical (unpaired) electrons. The second-order valence-electron chi connectivity index (χ2n) is 4.16. The minimum absolute atomic E-state index is 0.0208. The van der Waals surface area contributed by atoms with Gasteiger partial charge in [-0.15, -0.1) is 0 Å². The SMILES string of the molecule is CC(C)(O)C(Cl)(Cl)Cl.CC(C)[C@H](N)C(=O)O. The fourth-order valence-electron chi connectivity index (χ4n) is 0.285. The van der Waals surface area contributed by atoms with Crippen molar-refractivity contribution in [1.82, 2.24) is 0 Å². The summed E-state index contributed by atoms with van der Waals surface area (Å²) in [7, 11) is 0. The summed E-state index contributed by atoms with van der Waals surface area (Å²) in [6.45, 7) is 6.41. The van der Waals surface area contributed by atoms with E-state index in [0.29, 0.717) is 0 Å². The molecule has 0 saturated heterocycles. The van der Waals surface area contributed by atoms with Gasteiger partial charge in [0, 0.05) is 0 Å². The third-order valence-electron chi connectivity index (χ3n) is 1.70. The minimum Gasteiger partial charge on any atom is -0.480 e. The van der Waals surface area contributed by atoms with E-state index >= 15 is 0 Å². The summed E-state index contributed by atoms with van der Waals surface area (Å²) in [6, 6.07) is -0.713. The number of aliphatic hydroxyl groups is 1. The van der Waals surface area contributed by atoms with Gasteiger partial charge in [-0.25, -0.2) is 0 Å². The molecule has 0 saturated carbocycles. The lowest BCUT2D eigenvalue weighted by Crippen LogP contribution is -2.35. The second kappa shape index (κ2) is 6.87. The normalized spacial score (nSPS) is 14.1. The number of rotatable bonds is 2. The molecule has 16 heavy (non-hydrogen) atoms. The van der Waals surface area contributed by atoms with E-state index in [0.717, 1.165) is 0 Å². The first-order valence-corrected chi connectivity index (χ1v) is 5.71. The maximum Gasteiger partial charge on any atom is 0.320 e. The van der Waals surface area contributed by atoms with E-state index in [-0.39, 0.29) is 5.92 Å². The molecule has 0 spiro atoms. The van der Waals surface area contributed by atoms with E-state index < -0.39 is 21.4 Å². The molecule has 0 aliphatic heterocycles. The molecule has 0 unspecified atom stereocenters. The summed E-state index contributed by atoms with van der Waals surface area (Å²) in [5.74, 6) is -0.910. The Balaban J connectivity index is 0. The molecule has 0 rings (SSSR count). The predicted octanol–water partition coefficient (Wildman–Crippen LogP) is 2.18. The van der Waals surface area contributed by atoms with Crippen LogP contribution in [0.3, 0.4) is 0 Å². The number of carboxylic acids is 1. The summed E-state index contributed by atoms with van der Waals surface area (Å²) < 4.78 is -1.59. The Hall–Kier alpha value is 0.260. The average Bonchev–Trinajstić information content (AvgIpc) is 1.99. The van der Waals surface area contributed by atoms with Gasteiger partial charge >= 0.3 is 5.97 Å².